The van der Waals surface area contributed by atoms with Crippen LogP contribution in [0, 0.1) is 6.92 Å². The fourth-order valence-electron chi connectivity index (χ4n) is 2.17. The lowest BCUT2D eigenvalue weighted by molar-refractivity contribution is -0.153. The van der Waals surface area contributed by atoms with Crippen molar-refractivity contribution >= 4 is 17.7 Å². The molecule has 0 radical (unpaired) electrons. The lowest BCUT2D eigenvalue weighted by atomic mass is 10.2. The number of morpholine rings is 1. The highest BCUT2D eigenvalue weighted by Crippen LogP contribution is 2.19. The van der Waals surface area contributed by atoms with Gasteiger partial charge < -0.3 is 9.47 Å². The smallest absolute Gasteiger partial charge is 0.325 e. The van der Waals surface area contributed by atoms with Crippen LogP contribution < -0.4 is 0 Å². The summed E-state index contributed by atoms with van der Waals surface area (Å²) in [6.07, 6.45) is 0. The number of benzene rings is 1. The summed E-state index contributed by atoms with van der Waals surface area (Å²) in [5.74, 6) is 0.751. The van der Waals surface area contributed by atoms with Crippen molar-refractivity contribution in [2.24, 2.45) is 0 Å². The molecule has 5 heteroatoms. The Morgan fingerprint density at radius 1 is 1.45 bits per heavy atom. The number of ether oxygens (including phenoxy) is 2. The summed E-state index contributed by atoms with van der Waals surface area (Å²) in [6, 6.07) is 8.25. The molecule has 1 unspecified atom stereocenters. The first-order valence-electron chi connectivity index (χ1n) is 6.80. The summed E-state index contributed by atoms with van der Waals surface area (Å²) < 4.78 is 10.2. The molecule has 1 aromatic carbocycles. The molecule has 0 spiro atoms. The highest BCUT2D eigenvalue weighted by atomic mass is 32.2. The van der Waals surface area contributed by atoms with Gasteiger partial charge in [0.05, 0.1) is 20.3 Å². The van der Waals surface area contributed by atoms with Gasteiger partial charge in [0, 0.05) is 23.7 Å². The molecular formula is C15H21NO3S. The largest absolute Gasteiger partial charge is 0.468 e. The third-order valence-corrected chi connectivity index (χ3v) is 4.37. The van der Waals surface area contributed by atoms with Gasteiger partial charge in [-0.15, -0.1) is 11.8 Å². The Hall–Kier alpha value is -1.04. The van der Waals surface area contributed by atoms with Crippen molar-refractivity contribution in [1.82, 2.24) is 4.90 Å². The molecule has 1 aromatic rings. The van der Waals surface area contributed by atoms with E-state index in [4.69, 9.17) is 9.47 Å². The quantitative estimate of drug-likeness (QED) is 0.613. The fraction of sp³-hybridized carbons (Fsp3) is 0.533. The van der Waals surface area contributed by atoms with E-state index in [-0.39, 0.29) is 12.0 Å². The number of carbonyl (C=O) groups is 1. The van der Waals surface area contributed by atoms with Crippen LogP contribution in [0.3, 0.4) is 0 Å². The Kier molecular flexibility index (Phi) is 5.88. The first-order valence-corrected chi connectivity index (χ1v) is 7.78. The molecule has 20 heavy (non-hydrogen) atoms. The molecule has 0 N–H and O–H groups in total. The van der Waals surface area contributed by atoms with Crippen LogP contribution in [0.25, 0.3) is 0 Å². The van der Waals surface area contributed by atoms with Crippen LogP contribution in [0.15, 0.2) is 29.2 Å². The zero-order chi connectivity index (χ0) is 14.4. The number of hydrogen-bond donors (Lipinski definition) is 0. The maximum absolute atomic E-state index is 11.7. The zero-order valence-electron chi connectivity index (χ0n) is 12.0. The summed E-state index contributed by atoms with van der Waals surface area (Å²) in [7, 11) is 1.43. The Morgan fingerprint density at radius 3 is 2.90 bits per heavy atom. The van der Waals surface area contributed by atoms with Gasteiger partial charge in [0.15, 0.2) is 0 Å². The Labute approximate surface area is 124 Å². The number of methoxy groups -OCH3 is 1. The second kappa shape index (κ2) is 7.67. The van der Waals surface area contributed by atoms with Crippen molar-refractivity contribution < 1.29 is 14.3 Å². The molecule has 2 rings (SSSR count). The number of esters is 1. The number of rotatable bonds is 5. The van der Waals surface area contributed by atoms with Crippen molar-refractivity contribution in [2.75, 3.05) is 39.2 Å². The topological polar surface area (TPSA) is 38.8 Å². The van der Waals surface area contributed by atoms with Crippen molar-refractivity contribution in [3.05, 3.63) is 29.8 Å². The van der Waals surface area contributed by atoms with E-state index in [0.717, 1.165) is 18.8 Å². The Bertz CT molecular complexity index is 435. The van der Waals surface area contributed by atoms with Gasteiger partial charge in [-0.2, -0.15) is 0 Å². The van der Waals surface area contributed by atoms with Gasteiger partial charge in [0.2, 0.25) is 0 Å². The molecule has 110 valence electrons. The molecule has 1 aliphatic rings. The summed E-state index contributed by atoms with van der Waals surface area (Å²) in [5, 5.41) is 0. The van der Waals surface area contributed by atoms with Crippen molar-refractivity contribution in [3.63, 3.8) is 0 Å². The number of hydrogen-bond acceptors (Lipinski definition) is 5. The number of aryl methyl sites for hydroxylation is 1. The van der Waals surface area contributed by atoms with E-state index >= 15 is 0 Å². The van der Waals surface area contributed by atoms with Crippen molar-refractivity contribution in [3.8, 4) is 0 Å². The van der Waals surface area contributed by atoms with Crippen LogP contribution in [0.1, 0.15) is 5.56 Å². The van der Waals surface area contributed by atoms with Gasteiger partial charge >= 0.3 is 5.97 Å². The van der Waals surface area contributed by atoms with E-state index in [9.17, 15) is 4.79 Å². The first kappa shape index (κ1) is 15.4. The van der Waals surface area contributed by atoms with Crippen LogP contribution in [0.5, 0.6) is 0 Å². The Balaban J connectivity index is 1.82. The lowest BCUT2D eigenvalue weighted by Gasteiger charge is -2.33. The van der Waals surface area contributed by atoms with Crippen LogP contribution >= 0.6 is 11.8 Å². The molecule has 0 aromatic heterocycles. The lowest BCUT2D eigenvalue weighted by Crippen LogP contribution is -2.51. The SMILES string of the molecule is COC(=O)C1COCCN1CCSc1ccc(C)cc1. The third kappa shape index (κ3) is 4.23. The molecule has 0 saturated carbocycles. The normalized spacial score (nSPS) is 19.8. The minimum absolute atomic E-state index is 0.204. The predicted octanol–water partition coefficient (Wildman–Crippen LogP) is 1.96. The molecule has 1 aliphatic heterocycles. The van der Waals surface area contributed by atoms with Gasteiger partial charge in [0.1, 0.15) is 6.04 Å². The number of thioether (sulfide) groups is 1. The van der Waals surface area contributed by atoms with E-state index in [1.165, 1.54) is 17.6 Å². The predicted molar refractivity (Wildman–Crippen MR) is 80.1 cm³/mol. The minimum Gasteiger partial charge on any atom is -0.468 e. The van der Waals surface area contributed by atoms with Crippen LogP contribution in [-0.4, -0.2) is 56.1 Å². The van der Waals surface area contributed by atoms with E-state index in [0.29, 0.717) is 13.2 Å². The van der Waals surface area contributed by atoms with Crippen LogP contribution in [-0.2, 0) is 14.3 Å². The number of carbonyl (C=O) groups excluding carboxylic acids is 1. The van der Waals surface area contributed by atoms with Gasteiger partial charge in [-0.25, -0.2) is 0 Å². The Morgan fingerprint density at radius 2 is 2.20 bits per heavy atom. The highest BCUT2D eigenvalue weighted by Gasteiger charge is 2.29. The number of nitrogens with zero attached hydrogens (tertiary/aromatic N) is 1. The van der Waals surface area contributed by atoms with Crippen molar-refractivity contribution in [1.29, 1.82) is 0 Å². The molecule has 0 aliphatic carbocycles. The third-order valence-electron chi connectivity index (χ3n) is 3.38. The van der Waals surface area contributed by atoms with E-state index in [2.05, 4.69) is 36.1 Å². The fourth-order valence-corrected chi connectivity index (χ4v) is 3.06. The summed E-state index contributed by atoms with van der Waals surface area (Å²) in [4.78, 5) is 15.1. The van der Waals surface area contributed by atoms with E-state index in [1.54, 1.807) is 0 Å². The molecule has 0 bridgehead atoms. The van der Waals surface area contributed by atoms with Gasteiger partial charge in [-0.05, 0) is 19.1 Å². The van der Waals surface area contributed by atoms with Gasteiger partial charge in [-0.1, -0.05) is 17.7 Å². The first-order chi connectivity index (χ1) is 9.70. The average Bonchev–Trinajstić information content (AvgIpc) is 2.49. The van der Waals surface area contributed by atoms with Gasteiger partial charge in [-0.3, -0.25) is 9.69 Å². The molecule has 1 heterocycles. The summed E-state index contributed by atoms with van der Waals surface area (Å²) in [5.41, 5.74) is 1.27. The molecule has 1 atom stereocenters. The molecular weight excluding hydrogens is 274 g/mol. The maximum atomic E-state index is 11.7. The van der Waals surface area contributed by atoms with Crippen LogP contribution in [0.2, 0.25) is 0 Å². The van der Waals surface area contributed by atoms with Gasteiger partial charge in [0.25, 0.3) is 0 Å². The highest BCUT2D eigenvalue weighted by molar-refractivity contribution is 7.99. The molecule has 0 amide bonds. The van der Waals surface area contributed by atoms with Crippen molar-refractivity contribution in [2.45, 2.75) is 17.9 Å². The monoisotopic (exact) mass is 295 g/mol. The summed E-state index contributed by atoms with van der Waals surface area (Å²) in [6.45, 7) is 4.85. The zero-order valence-corrected chi connectivity index (χ0v) is 12.8. The minimum atomic E-state index is -0.257. The summed E-state index contributed by atoms with van der Waals surface area (Å²) >= 11 is 1.81. The molecule has 1 fully saturated rings. The van der Waals surface area contributed by atoms with E-state index < -0.39 is 0 Å². The molecule has 1 saturated heterocycles. The maximum Gasteiger partial charge on any atom is 0.325 e. The average molecular weight is 295 g/mol. The second-order valence-electron chi connectivity index (χ2n) is 4.81. The van der Waals surface area contributed by atoms with E-state index in [1.807, 2.05) is 11.8 Å². The van der Waals surface area contributed by atoms with Crippen LogP contribution in [0.4, 0.5) is 0 Å². The molecule has 4 nitrogen and oxygen atoms in total. The standard InChI is InChI=1S/C15H21NO3S/c1-12-3-5-13(6-4-12)20-10-8-16-7-9-19-11-14(16)15(17)18-2/h3-6,14H,7-11H2,1-2H3. The second-order valence-corrected chi connectivity index (χ2v) is 5.98.